The Balaban J connectivity index is 2.80. The first kappa shape index (κ1) is 21.6. The van der Waals surface area contributed by atoms with Crippen LogP contribution in [0.15, 0.2) is 29.2 Å². The molecule has 0 bridgehead atoms. The molecule has 0 fully saturated rings. The van der Waals surface area contributed by atoms with E-state index in [-0.39, 0.29) is 17.3 Å². The highest BCUT2D eigenvalue weighted by Gasteiger charge is 2.26. The molecule has 0 aliphatic rings. The lowest BCUT2D eigenvalue weighted by Gasteiger charge is -2.23. The van der Waals surface area contributed by atoms with Crippen molar-refractivity contribution in [3.63, 3.8) is 0 Å². The number of amides is 2. The smallest absolute Gasteiger partial charge is 0.308 e. The SMILES string of the molecule is CC(=O)Nc1ccc(S(=O)(=O)NC(C)C(=O)N(C)CC(C)C(=O)O)cc1. The first-order valence-electron chi connectivity index (χ1n) is 7.81. The second kappa shape index (κ2) is 8.77. The van der Waals surface area contributed by atoms with Gasteiger partial charge in [-0.3, -0.25) is 14.4 Å². The molecule has 1 aromatic rings. The minimum absolute atomic E-state index is 0.0361. The van der Waals surface area contributed by atoms with Crippen LogP contribution in [-0.4, -0.2) is 55.8 Å². The summed E-state index contributed by atoms with van der Waals surface area (Å²) in [5, 5.41) is 11.4. The number of likely N-dealkylation sites (N-methyl/N-ethyl adjacent to an activating group) is 1. The Morgan fingerprint density at radius 1 is 1.15 bits per heavy atom. The monoisotopic (exact) mass is 385 g/mol. The summed E-state index contributed by atoms with van der Waals surface area (Å²) in [7, 11) is -2.54. The van der Waals surface area contributed by atoms with E-state index in [4.69, 9.17) is 5.11 Å². The molecule has 144 valence electrons. The molecule has 2 amide bonds. The van der Waals surface area contributed by atoms with Gasteiger partial charge in [0, 0.05) is 26.2 Å². The third-order valence-electron chi connectivity index (χ3n) is 3.53. The zero-order valence-electron chi connectivity index (χ0n) is 15.0. The van der Waals surface area contributed by atoms with Crippen molar-refractivity contribution >= 4 is 33.5 Å². The van der Waals surface area contributed by atoms with Crippen molar-refractivity contribution in [1.82, 2.24) is 9.62 Å². The van der Waals surface area contributed by atoms with E-state index >= 15 is 0 Å². The van der Waals surface area contributed by atoms with Gasteiger partial charge in [-0.25, -0.2) is 8.42 Å². The number of sulfonamides is 1. The molecule has 0 radical (unpaired) electrons. The van der Waals surface area contributed by atoms with Gasteiger partial charge in [0.25, 0.3) is 0 Å². The summed E-state index contributed by atoms with van der Waals surface area (Å²) >= 11 is 0. The second-order valence-electron chi connectivity index (χ2n) is 6.01. The number of nitrogens with one attached hydrogen (secondary N) is 2. The Kier molecular flexibility index (Phi) is 7.28. The maximum Gasteiger partial charge on any atom is 0.308 e. The Bertz CT molecular complexity index is 776. The van der Waals surface area contributed by atoms with Gasteiger partial charge in [0.1, 0.15) is 0 Å². The van der Waals surface area contributed by atoms with Crippen molar-refractivity contribution in [3.05, 3.63) is 24.3 Å². The molecule has 2 unspecified atom stereocenters. The van der Waals surface area contributed by atoms with Crippen LogP contribution >= 0.6 is 0 Å². The van der Waals surface area contributed by atoms with Gasteiger partial charge in [-0.2, -0.15) is 4.72 Å². The number of anilines is 1. The number of carbonyl (C=O) groups excluding carboxylic acids is 2. The molecule has 0 spiro atoms. The first-order valence-corrected chi connectivity index (χ1v) is 9.30. The molecule has 3 N–H and O–H groups in total. The van der Waals surface area contributed by atoms with Gasteiger partial charge >= 0.3 is 5.97 Å². The maximum atomic E-state index is 12.4. The summed E-state index contributed by atoms with van der Waals surface area (Å²) < 4.78 is 27.0. The number of rotatable bonds is 8. The normalized spacial score (nSPS) is 13.5. The van der Waals surface area contributed by atoms with E-state index in [0.717, 1.165) is 0 Å². The second-order valence-corrected chi connectivity index (χ2v) is 7.72. The predicted molar refractivity (Wildman–Crippen MR) is 95.0 cm³/mol. The van der Waals surface area contributed by atoms with Gasteiger partial charge in [0.2, 0.25) is 21.8 Å². The van der Waals surface area contributed by atoms with E-state index in [2.05, 4.69) is 10.0 Å². The molecule has 0 aliphatic carbocycles. The van der Waals surface area contributed by atoms with Crippen molar-refractivity contribution in [3.8, 4) is 0 Å². The minimum atomic E-state index is -3.95. The van der Waals surface area contributed by atoms with Crippen LogP contribution in [-0.2, 0) is 24.4 Å². The zero-order chi connectivity index (χ0) is 20.1. The van der Waals surface area contributed by atoms with Crippen LogP contribution in [0, 0.1) is 5.92 Å². The minimum Gasteiger partial charge on any atom is -0.481 e. The summed E-state index contributed by atoms with van der Waals surface area (Å²) in [6, 6.07) is 4.41. The fourth-order valence-electron chi connectivity index (χ4n) is 2.18. The lowest BCUT2D eigenvalue weighted by atomic mass is 10.1. The Hall–Kier alpha value is -2.46. The van der Waals surface area contributed by atoms with E-state index in [1.165, 1.54) is 57.0 Å². The number of carboxylic acid groups (broad SMARTS) is 1. The molecule has 0 aromatic heterocycles. The zero-order valence-corrected chi connectivity index (χ0v) is 15.8. The number of hydrogen-bond donors (Lipinski definition) is 3. The molecule has 0 saturated carbocycles. The van der Waals surface area contributed by atoms with Gasteiger partial charge in [-0.1, -0.05) is 6.92 Å². The average Bonchev–Trinajstić information content (AvgIpc) is 2.53. The van der Waals surface area contributed by atoms with Crippen molar-refractivity contribution in [2.24, 2.45) is 5.92 Å². The van der Waals surface area contributed by atoms with Crippen LogP contribution in [0.2, 0.25) is 0 Å². The summed E-state index contributed by atoms with van der Waals surface area (Å²) in [5.41, 5.74) is 0.447. The number of hydrogen-bond acceptors (Lipinski definition) is 5. The highest BCUT2D eigenvalue weighted by Crippen LogP contribution is 2.14. The molecule has 0 heterocycles. The summed E-state index contributed by atoms with van der Waals surface area (Å²) in [4.78, 5) is 35.2. The standard InChI is InChI=1S/C16H23N3O6S/c1-10(16(22)23)9-19(4)15(21)11(2)18-26(24,25)14-7-5-13(6-8-14)17-12(3)20/h5-8,10-11,18H,9H2,1-4H3,(H,17,20)(H,22,23). The van der Waals surface area contributed by atoms with Gasteiger partial charge in [-0.05, 0) is 31.2 Å². The number of carboxylic acids is 1. The van der Waals surface area contributed by atoms with Gasteiger partial charge < -0.3 is 15.3 Å². The summed E-state index contributed by atoms with van der Waals surface area (Å²) in [6.07, 6.45) is 0. The van der Waals surface area contributed by atoms with Crippen molar-refractivity contribution in [2.75, 3.05) is 18.9 Å². The average molecular weight is 385 g/mol. The fraction of sp³-hybridized carbons (Fsp3) is 0.438. The lowest BCUT2D eigenvalue weighted by Crippen LogP contribution is -2.47. The van der Waals surface area contributed by atoms with Crippen LogP contribution in [0.1, 0.15) is 20.8 Å². The molecule has 0 aliphatic heterocycles. The molecule has 9 nitrogen and oxygen atoms in total. The highest BCUT2D eigenvalue weighted by atomic mass is 32.2. The van der Waals surface area contributed by atoms with Crippen molar-refractivity contribution in [2.45, 2.75) is 31.7 Å². The van der Waals surface area contributed by atoms with Crippen LogP contribution in [0.4, 0.5) is 5.69 Å². The molecule has 1 aromatic carbocycles. The van der Waals surface area contributed by atoms with Crippen LogP contribution in [0.25, 0.3) is 0 Å². The molecular formula is C16H23N3O6S. The highest BCUT2D eigenvalue weighted by molar-refractivity contribution is 7.89. The summed E-state index contributed by atoms with van der Waals surface area (Å²) in [5.74, 6) is -2.64. The molecule has 0 saturated heterocycles. The van der Waals surface area contributed by atoms with E-state index < -0.39 is 33.9 Å². The van der Waals surface area contributed by atoms with Crippen molar-refractivity contribution in [1.29, 1.82) is 0 Å². The van der Waals surface area contributed by atoms with Crippen LogP contribution < -0.4 is 10.0 Å². The third-order valence-corrected chi connectivity index (χ3v) is 5.09. The predicted octanol–water partition coefficient (Wildman–Crippen LogP) is 0.491. The molecular weight excluding hydrogens is 362 g/mol. The van der Waals surface area contributed by atoms with E-state index in [1.54, 1.807) is 0 Å². The fourth-order valence-corrected chi connectivity index (χ4v) is 3.38. The van der Waals surface area contributed by atoms with E-state index in [9.17, 15) is 22.8 Å². The van der Waals surface area contributed by atoms with Gasteiger partial charge in [-0.15, -0.1) is 0 Å². The largest absolute Gasteiger partial charge is 0.481 e. The van der Waals surface area contributed by atoms with Crippen molar-refractivity contribution < 1.29 is 27.9 Å². The van der Waals surface area contributed by atoms with Gasteiger partial charge in [0.05, 0.1) is 16.9 Å². The molecule has 10 heteroatoms. The lowest BCUT2D eigenvalue weighted by molar-refractivity contribution is -0.142. The molecule has 2 atom stereocenters. The number of carbonyl (C=O) groups is 3. The molecule has 26 heavy (non-hydrogen) atoms. The van der Waals surface area contributed by atoms with Crippen LogP contribution in [0.3, 0.4) is 0 Å². The molecule has 1 rings (SSSR count). The number of nitrogens with zero attached hydrogens (tertiary/aromatic N) is 1. The third kappa shape index (κ3) is 6.12. The first-order chi connectivity index (χ1) is 11.9. The maximum absolute atomic E-state index is 12.4. The van der Waals surface area contributed by atoms with Crippen LogP contribution in [0.5, 0.6) is 0 Å². The number of aliphatic carboxylic acids is 1. The Morgan fingerprint density at radius 3 is 2.15 bits per heavy atom. The van der Waals surface area contributed by atoms with E-state index in [0.29, 0.717) is 5.69 Å². The van der Waals surface area contributed by atoms with E-state index in [1.807, 2.05) is 0 Å². The Labute approximate surface area is 152 Å². The summed E-state index contributed by atoms with van der Waals surface area (Å²) in [6.45, 7) is 4.14. The number of benzene rings is 1. The Morgan fingerprint density at radius 2 is 1.69 bits per heavy atom. The van der Waals surface area contributed by atoms with Gasteiger partial charge in [0.15, 0.2) is 0 Å². The topological polar surface area (TPSA) is 133 Å². The quantitative estimate of drug-likeness (QED) is 0.596.